The van der Waals surface area contributed by atoms with Gasteiger partial charge < -0.3 is 10.3 Å². The minimum Gasteiger partial charge on any atom is -0.364 e. The highest BCUT2D eigenvalue weighted by molar-refractivity contribution is 5.93. The monoisotopic (exact) mass is 248 g/mol. The van der Waals surface area contributed by atoms with E-state index < -0.39 is 0 Å². The van der Waals surface area contributed by atoms with Crippen molar-refractivity contribution in [1.82, 2.24) is 10.3 Å². The van der Waals surface area contributed by atoms with E-state index in [9.17, 15) is 9.59 Å². The Kier molecular flexibility index (Phi) is 3.84. The fourth-order valence-corrected chi connectivity index (χ4v) is 2.60. The maximum Gasteiger partial charge on any atom is 0.256 e. The van der Waals surface area contributed by atoms with Crippen LogP contribution in [0.5, 0.6) is 0 Å². The number of hydrogen-bond acceptors (Lipinski definition) is 2. The maximum absolute atomic E-state index is 11.9. The zero-order valence-corrected chi connectivity index (χ0v) is 11.0. The van der Waals surface area contributed by atoms with E-state index in [-0.39, 0.29) is 16.9 Å². The average Bonchev–Trinajstić information content (AvgIpc) is 2.72. The molecule has 0 saturated heterocycles. The van der Waals surface area contributed by atoms with Crippen LogP contribution in [0, 0.1) is 18.8 Å². The quantitative estimate of drug-likeness (QED) is 0.857. The van der Waals surface area contributed by atoms with Crippen molar-refractivity contribution in [2.24, 2.45) is 11.8 Å². The van der Waals surface area contributed by atoms with Gasteiger partial charge in [-0.2, -0.15) is 0 Å². The number of carbonyl (C=O) groups excluding carboxylic acids is 1. The van der Waals surface area contributed by atoms with E-state index in [4.69, 9.17) is 0 Å². The fraction of sp³-hybridized carbons (Fsp3) is 0.571. The second-order valence-corrected chi connectivity index (χ2v) is 5.27. The molecular weight excluding hydrogens is 228 g/mol. The summed E-state index contributed by atoms with van der Waals surface area (Å²) in [6.45, 7) is 4.69. The lowest BCUT2D eigenvalue weighted by molar-refractivity contribution is 0.0943. The highest BCUT2D eigenvalue weighted by atomic mass is 16.2. The van der Waals surface area contributed by atoms with E-state index in [0.29, 0.717) is 18.4 Å². The van der Waals surface area contributed by atoms with Crippen LogP contribution in [0.15, 0.2) is 17.1 Å². The average molecular weight is 248 g/mol. The molecule has 1 fully saturated rings. The van der Waals surface area contributed by atoms with Crippen LogP contribution in [0.4, 0.5) is 0 Å². The molecule has 0 aromatic carbocycles. The number of hydrogen-bond donors (Lipinski definition) is 2. The summed E-state index contributed by atoms with van der Waals surface area (Å²) < 4.78 is 0. The van der Waals surface area contributed by atoms with E-state index in [0.717, 1.165) is 5.69 Å². The summed E-state index contributed by atoms with van der Waals surface area (Å²) >= 11 is 0. The molecule has 1 aliphatic rings. The van der Waals surface area contributed by atoms with Gasteiger partial charge in [0.2, 0.25) is 0 Å². The van der Waals surface area contributed by atoms with Crippen LogP contribution in [0.25, 0.3) is 0 Å². The van der Waals surface area contributed by atoms with E-state index in [1.54, 1.807) is 6.92 Å². The largest absolute Gasteiger partial charge is 0.364 e. The minimum absolute atomic E-state index is 0.200. The maximum atomic E-state index is 11.9. The van der Waals surface area contributed by atoms with Crippen molar-refractivity contribution in [3.05, 3.63) is 33.7 Å². The van der Waals surface area contributed by atoms with Gasteiger partial charge in [0, 0.05) is 24.5 Å². The summed E-state index contributed by atoms with van der Waals surface area (Å²) in [5.41, 5.74) is 0.746. The van der Waals surface area contributed by atoms with Crippen molar-refractivity contribution in [2.75, 3.05) is 6.54 Å². The molecular formula is C14H20N2O2. The first-order valence-corrected chi connectivity index (χ1v) is 6.55. The van der Waals surface area contributed by atoms with Gasteiger partial charge >= 0.3 is 0 Å². The standard InChI is InChI=1S/C14H20N2O2/c1-9-4-3-5-11(9)7-16-14(18)12-8-15-10(2)6-13(12)17/h6,8-9,11H,3-5,7H2,1-2H3,(H,15,17)(H,16,18). The van der Waals surface area contributed by atoms with Gasteiger partial charge in [0.25, 0.3) is 5.91 Å². The number of pyridine rings is 1. The van der Waals surface area contributed by atoms with E-state index >= 15 is 0 Å². The van der Waals surface area contributed by atoms with Crippen molar-refractivity contribution in [3.8, 4) is 0 Å². The topological polar surface area (TPSA) is 62.0 Å². The number of aromatic amines is 1. The van der Waals surface area contributed by atoms with Crippen LogP contribution >= 0.6 is 0 Å². The second kappa shape index (κ2) is 5.38. The summed E-state index contributed by atoms with van der Waals surface area (Å²) in [6.07, 6.45) is 5.15. The molecule has 0 bridgehead atoms. The summed E-state index contributed by atoms with van der Waals surface area (Å²) in [7, 11) is 0. The molecule has 2 rings (SSSR count). The van der Waals surface area contributed by atoms with Gasteiger partial charge in [-0.25, -0.2) is 0 Å². The molecule has 1 aromatic heterocycles. The Bertz CT molecular complexity index is 493. The van der Waals surface area contributed by atoms with E-state index in [1.807, 2.05) is 0 Å². The molecule has 0 radical (unpaired) electrons. The SMILES string of the molecule is Cc1cc(=O)c(C(=O)NCC2CCCC2C)c[nH]1. The van der Waals surface area contributed by atoms with Crippen LogP contribution in [-0.4, -0.2) is 17.4 Å². The number of carbonyl (C=O) groups is 1. The first-order chi connectivity index (χ1) is 8.58. The molecule has 98 valence electrons. The van der Waals surface area contributed by atoms with Crippen molar-refractivity contribution in [2.45, 2.75) is 33.1 Å². The summed E-state index contributed by atoms with van der Waals surface area (Å²) in [4.78, 5) is 26.5. The predicted octanol–water partition coefficient (Wildman–Crippen LogP) is 1.85. The molecule has 1 aliphatic carbocycles. The number of rotatable bonds is 3. The highest BCUT2D eigenvalue weighted by Gasteiger charge is 2.23. The first-order valence-electron chi connectivity index (χ1n) is 6.55. The molecule has 18 heavy (non-hydrogen) atoms. The van der Waals surface area contributed by atoms with Crippen LogP contribution in [0.2, 0.25) is 0 Å². The molecule has 2 unspecified atom stereocenters. The Labute approximate surface area is 107 Å². The number of nitrogens with one attached hydrogen (secondary N) is 2. The Morgan fingerprint density at radius 2 is 2.28 bits per heavy atom. The van der Waals surface area contributed by atoms with Gasteiger partial charge in [-0.3, -0.25) is 9.59 Å². The molecule has 1 heterocycles. The molecule has 4 nitrogen and oxygen atoms in total. The lowest BCUT2D eigenvalue weighted by Gasteiger charge is -2.15. The van der Waals surface area contributed by atoms with Crippen LogP contribution in [0.3, 0.4) is 0 Å². The molecule has 2 atom stereocenters. The summed E-state index contributed by atoms with van der Waals surface area (Å²) in [6, 6.07) is 1.45. The van der Waals surface area contributed by atoms with Crippen LogP contribution < -0.4 is 10.7 Å². The number of aryl methyl sites for hydroxylation is 1. The first kappa shape index (κ1) is 12.9. The smallest absolute Gasteiger partial charge is 0.256 e. The van der Waals surface area contributed by atoms with Gasteiger partial charge in [0.15, 0.2) is 5.43 Å². The van der Waals surface area contributed by atoms with Gasteiger partial charge in [-0.05, 0) is 25.2 Å². The van der Waals surface area contributed by atoms with E-state index in [1.165, 1.54) is 31.5 Å². The normalized spacial score (nSPS) is 23.0. The minimum atomic E-state index is -0.268. The highest BCUT2D eigenvalue weighted by Crippen LogP contribution is 2.30. The molecule has 4 heteroatoms. The Morgan fingerprint density at radius 3 is 2.89 bits per heavy atom. The lowest BCUT2D eigenvalue weighted by atomic mass is 9.98. The molecule has 2 N–H and O–H groups in total. The lowest BCUT2D eigenvalue weighted by Crippen LogP contribution is -2.33. The zero-order valence-electron chi connectivity index (χ0n) is 11.0. The fourth-order valence-electron chi connectivity index (χ4n) is 2.60. The molecule has 0 spiro atoms. The van der Waals surface area contributed by atoms with Crippen LogP contribution in [-0.2, 0) is 0 Å². The van der Waals surface area contributed by atoms with Crippen molar-refractivity contribution < 1.29 is 4.79 Å². The molecule has 1 saturated carbocycles. The van der Waals surface area contributed by atoms with Crippen LogP contribution in [0.1, 0.15) is 42.2 Å². The second-order valence-electron chi connectivity index (χ2n) is 5.27. The third kappa shape index (κ3) is 2.81. The van der Waals surface area contributed by atoms with Crippen molar-refractivity contribution in [1.29, 1.82) is 0 Å². The number of amides is 1. The Hall–Kier alpha value is -1.58. The van der Waals surface area contributed by atoms with Gasteiger partial charge in [-0.1, -0.05) is 19.8 Å². The van der Waals surface area contributed by atoms with E-state index in [2.05, 4.69) is 17.2 Å². The third-order valence-corrected chi connectivity index (χ3v) is 3.87. The molecule has 1 amide bonds. The third-order valence-electron chi connectivity index (χ3n) is 3.87. The molecule has 1 aromatic rings. The van der Waals surface area contributed by atoms with Gasteiger partial charge in [0.1, 0.15) is 5.56 Å². The number of aromatic nitrogens is 1. The Balaban J connectivity index is 1.97. The van der Waals surface area contributed by atoms with Crippen molar-refractivity contribution in [3.63, 3.8) is 0 Å². The number of H-pyrrole nitrogens is 1. The molecule has 0 aliphatic heterocycles. The van der Waals surface area contributed by atoms with Crippen molar-refractivity contribution >= 4 is 5.91 Å². The zero-order chi connectivity index (χ0) is 13.1. The Morgan fingerprint density at radius 1 is 1.50 bits per heavy atom. The van der Waals surface area contributed by atoms with Gasteiger partial charge in [0.05, 0.1) is 0 Å². The summed E-state index contributed by atoms with van der Waals surface area (Å²) in [5, 5.41) is 2.87. The predicted molar refractivity (Wildman–Crippen MR) is 70.6 cm³/mol. The summed E-state index contributed by atoms with van der Waals surface area (Å²) in [5.74, 6) is 0.954. The van der Waals surface area contributed by atoms with Gasteiger partial charge in [-0.15, -0.1) is 0 Å².